The van der Waals surface area contributed by atoms with Gasteiger partial charge in [-0.15, -0.1) is 0 Å². The van der Waals surface area contributed by atoms with Crippen molar-refractivity contribution in [1.29, 1.82) is 5.26 Å². The first kappa shape index (κ1) is 38.5. The Hall–Kier alpha value is -4.70. The molecule has 0 bridgehead atoms. The lowest BCUT2D eigenvalue weighted by Gasteiger charge is -2.29. The molecule has 4 aromatic rings. The number of hydrogen-bond donors (Lipinski definition) is 4. The van der Waals surface area contributed by atoms with Gasteiger partial charge in [0.15, 0.2) is 0 Å². The number of rotatable bonds is 17. The lowest BCUT2D eigenvalue weighted by atomic mass is 9.93. The summed E-state index contributed by atoms with van der Waals surface area (Å²) < 4.78 is 18.6. The molecule has 0 unspecified atom stereocenters. The van der Waals surface area contributed by atoms with Gasteiger partial charge in [0.1, 0.15) is 42.6 Å². The lowest BCUT2D eigenvalue weighted by Crippen LogP contribution is -2.39. The zero-order valence-electron chi connectivity index (χ0n) is 29.5. The van der Waals surface area contributed by atoms with Gasteiger partial charge in [-0.05, 0) is 79.1 Å². The van der Waals surface area contributed by atoms with Crippen LogP contribution in [-0.4, -0.2) is 76.2 Å². The van der Waals surface area contributed by atoms with Crippen LogP contribution in [0.4, 0.5) is 0 Å². The molecule has 2 heterocycles. The maximum Gasteiger partial charge on any atom is 0.323 e. The Morgan fingerprint density at radius 3 is 2.44 bits per heavy atom. The van der Waals surface area contributed by atoms with Crippen molar-refractivity contribution in [3.63, 3.8) is 0 Å². The molecule has 4 N–H and O–H groups in total. The zero-order valence-corrected chi connectivity index (χ0v) is 30.2. The van der Waals surface area contributed by atoms with Crippen LogP contribution in [0.15, 0.2) is 67.0 Å². The number of aromatic nitrogens is 1. The van der Waals surface area contributed by atoms with Crippen molar-refractivity contribution in [2.75, 3.05) is 32.8 Å². The van der Waals surface area contributed by atoms with Gasteiger partial charge < -0.3 is 34.4 Å². The predicted molar refractivity (Wildman–Crippen MR) is 198 cm³/mol. The van der Waals surface area contributed by atoms with Crippen molar-refractivity contribution in [2.45, 2.75) is 65.0 Å². The minimum absolute atomic E-state index is 0.0517. The van der Waals surface area contributed by atoms with E-state index in [1.165, 1.54) is 6.20 Å². The van der Waals surface area contributed by atoms with E-state index in [1.807, 2.05) is 24.3 Å². The fourth-order valence-electron chi connectivity index (χ4n) is 6.17. The summed E-state index contributed by atoms with van der Waals surface area (Å²) in [6, 6.07) is 18.1. The number of nitriles is 1. The number of halogens is 1. The number of carbonyl (C=O) groups is 1. The normalized spacial score (nSPS) is 14.1. The van der Waals surface area contributed by atoms with Gasteiger partial charge in [0.2, 0.25) is 0 Å². The van der Waals surface area contributed by atoms with Crippen molar-refractivity contribution in [3.8, 4) is 34.4 Å². The largest absolute Gasteiger partial charge is 0.493 e. The van der Waals surface area contributed by atoms with E-state index >= 15 is 0 Å². The molecule has 274 valence electrons. The molecule has 5 rings (SSSR count). The highest BCUT2D eigenvalue weighted by Crippen LogP contribution is 2.36. The highest BCUT2D eigenvalue weighted by Gasteiger charge is 2.20. The molecule has 0 aliphatic carbocycles. The second-order valence-electron chi connectivity index (χ2n) is 12.9. The van der Waals surface area contributed by atoms with Gasteiger partial charge >= 0.3 is 5.97 Å². The van der Waals surface area contributed by atoms with Gasteiger partial charge in [-0.2, -0.15) is 5.26 Å². The average Bonchev–Trinajstić information content (AvgIpc) is 3.14. The molecule has 0 amide bonds. The number of benzene rings is 3. The van der Waals surface area contributed by atoms with Crippen molar-refractivity contribution >= 4 is 17.6 Å². The van der Waals surface area contributed by atoms with E-state index < -0.39 is 18.6 Å². The van der Waals surface area contributed by atoms with Crippen molar-refractivity contribution in [3.05, 3.63) is 105 Å². The summed E-state index contributed by atoms with van der Waals surface area (Å²) in [6.07, 6.45) is 5.47. The molecular formula is C40H45ClN4O7. The van der Waals surface area contributed by atoms with Crippen molar-refractivity contribution in [2.24, 2.45) is 0 Å². The number of aliphatic hydroxyl groups is 2. The summed E-state index contributed by atoms with van der Waals surface area (Å²) in [5.41, 5.74) is 6.84. The third-order valence-corrected chi connectivity index (χ3v) is 9.59. The Balaban J connectivity index is 1.29. The number of pyridine rings is 1. The van der Waals surface area contributed by atoms with E-state index in [2.05, 4.69) is 47.3 Å². The molecule has 0 spiro atoms. The number of nitrogens with zero attached hydrogens (tertiary/aromatic N) is 3. The number of ether oxygens (including phenoxy) is 3. The van der Waals surface area contributed by atoms with Crippen LogP contribution in [0.1, 0.15) is 52.6 Å². The maximum absolute atomic E-state index is 11.5. The molecular weight excluding hydrogens is 684 g/mol. The number of piperidine rings is 1. The van der Waals surface area contributed by atoms with Gasteiger partial charge in [0.25, 0.3) is 0 Å². The summed E-state index contributed by atoms with van der Waals surface area (Å²) in [4.78, 5) is 18.0. The van der Waals surface area contributed by atoms with Crippen LogP contribution in [0.5, 0.6) is 17.2 Å². The van der Waals surface area contributed by atoms with Crippen LogP contribution >= 0.6 is 11.6 Å². The number of likely N-dealkylation sites (tertiary alicyclic amines) is 1. The molecule has 1 fully saturated rings. The van der Waals surface area contributed by atoms with Crippen LogP contribution in [-0.2, 0) is 24.6 Å². The molecule has 0 radical (unpaired) electrons. The summed E-state index contributed by atoms with van der Waals surface area (Å²) in [5, 5.41) is 41.0. The maximum atomic E-state index is 11.5. The Bertz CT molecular complexity index is 1870. The number of hydrogen-bond acceptors (Lipinski definition) is 10. The highest BCUT2D eigenvalue weighted by atomic mass is 35.5. The molecule has 0 saturated carbocycles. The second-order valence-corrected chi connectivity index (χ2v) is 13.3. The summed E-state index contributed by atoms with van der Waals surface area (Å²) in [5.74, 6) is 0.432. The Morgan fingerprint density at radius 2 is 1.71 bits per heavy atom. The summed E-state index contributed by atoms with van der Waals surface area (Å²) in [7, 11) is 0. The molecule has 1 atom stereocenters. The molecule has 1 aliphatic heterocycles. The Labute approximate surface area is 309 Å². The van der Waals surface area contributed by atoms with Gasteiger partial charge in [-0.25, -0.2) is 0 Å². The number of aliphatic carboxylic acids is 1. The topological polar surface area (TPSA) is 157 Å². The lowest BCUT2D eigenvalue weighted by molar-refractivity contribution is -0.140. The van der Waals surface area contributed by atoms with Crippen molar-refractivity contribution in [1.82, 2.24) is 15.2 Å². The second kappa shape index (κ2) is 18.7. The first-order valence-electron chi connectivity index (χ1n) is 17.4. The van der Waals surface area contributed by atoms with Crippen LogP contribution in [0, 0.1) is 25.2 Å². The fourth-order valence-corrected chi connectivity index (χ4v) is 6.41. The van der Waals surface area contributed by atoms with Gasteiger partial charge in [-0.1, -0.05) is 41.9 Å². The zero-order chi connectivity index (χ0) is 37.0. The van der Waals surface area contributed by atoms with Crippen LogP contribution in [0.25, 0.3) is 11.1 Å². The third kappa shape index (κ3) is 10.2. The number of nitrogens with one attached hydrogen (secondary N) is 1. The van der Waals surface area contributed by atoms with E-state index in [4.69, 9.17) is 25.8 Å². The van der Waals surface area contributed by atoms with Crippen LogP contribution in [0.3, 0.4) is 0 Å². The fraction of sp³-hybridized carbons (Fsp3) is 0.375. The summed E-state index contributed by atoms with van der Waals surface area (Å²) in [6.45, 7) is 7.32. The van der Waals surface area contributed by atoms with E-state index in [9.17, 15) is 25.4 Å². The van der Waals surface area contributed by atoms with E-state index in [0.29, 0.717) is 39.8 Å². The number of carboxylic acid groups (broad SMARTS) is 1. The molecule has 12 heteroatoms. The molecule has 1 aromatic heterocycles. The van der Waals surface area contributed by atoms with E-state index in [-0.39, 0.29) is 25.9 Å². The molecule has 1 aliphatic rings. The summed E-state index contributed by atoms with van der Waals surface area (Å²) >= 11 is 6.70. The number of carboxylic acids is 1. The highest BCUT2D eigenvalue weighted by molar-refractivity contribution is 6.32. The van der Waals surface area contributed by atoms with E-state index in [1.54, 1.807) is 24.4 Å². The monoisotopic (exact) mass is 728 g/mol. The minimum Gasteiger partial charge on any atom is -0.493 e. The minimum atomic E-state index is -1.19. The smallest absolute Gasteiger partial charge is 0.323 e. The Morgan fingerprint density at radius 1 is 0.981 bits per heavy atom. The first-order chi connectivity index (χ1) is 25.2. The first-order valence-corrected chi connectivity index (χ1v) is 17.7. The van der Waals surface area contributed by atoms with Gasteiger partial charge in [-0.3, -0.25) is 15.1 Å². The van der Waals surface area contributed by atoms with Crippen LogP contribution in [0.2, 0.25) is 5.02 Å². The predicted octanol–water partition coefficient (Wildman–Crippen LogP) is 5.81. The van der Waals surface area contributed by atoms with E-state index in [0.717, 1.165) is 72.5 Å². The van der Waals surface area contributed by atoms with Crippen molar-refractivity contribution < 1.29 is 34.3 Å². The average molecular weight is 729 g/mol. The number of aliphatic hydroxyl groups excluding tert-OH is 2. The quantitative estimate of drug-likeness (QED) is 0.0973. The van der Waals surface area contributed by atoms with Crippen LogP contribution < -0.4 is 19.5 Å². The van der Waals surface area contributed by atoms with Gasteiger partial charge in [0, 0.05) is 55.8 Å². The molecule has 3 aromatic carbocycles. The molecule has 1 saturated heterocycles. The Kier molecular flexibility index (Phi) is 13.8. The van der Waals surface area contributed by atoms with Gasteiger partial charge in [0.05, 0.1) is 29.9 Å². The molecule has 11 nitrogen and oxygen atoms in total. The standard InChI is InChI=1S/C40H45ClN4O7/c1-26-30(6-3-7-33(26)34-8-4-9-37(27(34)2)50-15-5-12-45-13-10-32(47)11-14-45)25-52-39-18-38(51-24-29-16-28(19-42)20-43-21-29)31(17-35(39)41)22-44-36(23-46)40(48)49/h3-4,6-9,16-18,20-21,32,36,44,46-47H,5,10-15,22-25H2,1-2H3,(H,48,49)/t36-/m1/s1. The third-order valence-electron chi connectivity index (χ3n) is 9.29. The molecule has 52 heavy (non-hydrogen) atoms. The SMILES string of the molecule is Cc1c(COc2cc(OCc3cncc(C#N)c3)c(CN[C@H](CO)C(=O)O)cc2Cl)cccc1-c1cccc(OCCCN2CCC(O)CC2)c1C.